The highest BCUT2D eigenvalue weighted by Crippen LogP contribution is 2.30. The van der Waals surface area contributed by atoms with Crippen LogP contribution in [0, 0.1) is 5.92 Å². The average Bonchev–Trinajstić information content (AvgIpc) is 2.10. The molecule has 1 rings (SSSR count). The van der Waals surface area contributed by atoms with Crippen molar-refractivity contribution in [2.24, 2.45) is 11.7 Å². The van der Waals surface area contributed by atoms with E-state index >= 15 is 0 Å². The molecule has 0 radical (unpaired) electrons. The van der Waals surface area contributed by atoms with E-state index < -0.39 is 0 Å². The van der Waals surface area contributed by atoms with Crippen LogP contribution in [0.5, 0.6) is 0 Å². The van der Waals surface area contributed by atoms with Crippen LogP contribution in [0.25, 0.3) is 0 Å². The first-order valence-corrected chi connectivity index (χ1v) is 6.46. The number of nitrogens with two attached hydrogens (primary N) is 1. The lowest BCUT2D eigenvalue weighted by molar-refractivity contribution is 0.0482. The molecule has 2 N–H and O–H groups in total. The minimum atomic E-state index is 0.422. The van der Waals surface area contributed by atoms with Crippen molar-refractivity contribution in [3.63, 3.8) is 0 Å². The zero-order valence-corrected chi connectivity index (χ0v) is 11.0. The fraction of sp³-hybridized carbons (Fsp3) is 1.00. The van der Waals surface area contributed by atoms with Gasteiger partial charge < -0.3 is 5.73 Å². The zero-order chi connectivity index (χ0) is 11.6. The second kappa shape index (κ2) is 5.31. The van der Waals surface area contributed by atoms with Gasteiger partial charge in [0.25, 0.3) is 0 Å². The second-order valence-corrected chi connectivity index (χ2v) is 5.75. The van der Waals surface area contributed by atoms with E-state index in [1.807, 2.05) is 0 Å². The molecule has 1 fully saturated rings. The summed E-state index contributed by atoms with van der Waals surface area (Å²) in [6, 6.07) is 2.37. The highest BCUT2D eigenvalue weighted by molar-refractivity contribution is 4.89. The Labute approximate surface area is 95.2 Å². The first-order chi connectivity index (χ1) is 6.93. The summed E-state index contributed by atoms with van der Waals surface area (Å²) < 4.78 is 0. The molecule has 0 aliphatic heterocycles. The van der Waals surface area contributed by atoms with Crippen molar-refractivity contribution in [1.82, 2.24) is 4.90 Å². The predicted molar refractivity (Wildman–Crippen MR) is 66.9 cm³/mol. The van der Waals surface area contributed by atoms with Gasteiger partial charge in [0.15, 0.2) is 0 Å². The van der Waals surface area contributed by atoms with Crippen molar-refractivity contribution < 1.29 is 0 Å². The van der Waals surface area contributed by atoms with Crippen LogP contribution in [0.4, 0.5) is 0 Å². The first-order valence-electron chi connectivity index (χ1n) is 6.46. The Hall–Kier alpha value is -0.0800. The summed E-state index contributed by atoms with van der Waals surface area (Å²) in [6.07, 6.45) is 3.68. The van der Waals surface area contributed by atoms with Gasteiger partial charge in [-0.2, -0.15) is 0 Å². The number of nitrogens with zero attached hydrogens (tertiary/aromatic N) is 1. The lowest BCUT2D eigenvalue weighted by Gasteiger charge is -2.45. The van der Waals surface area contributed by atoms with E-state index in [0.29, 0.717) is 24.2 Å². The Morgan fingerprint density at radius 3 is 2.07 bits per heavy atom. The van der Waals surface area contributed by atoms with Crippen LogP contribution in [-0.2, 0) is 0 Å². The molecular formula is C13H28N2. The summed E-state index contributed by atoms with van der Waals surface area (Å²) in [5.41, 5.74) is 6.10. The Bertz CT molecular complexity index is 181. The Kier molecular flexibility index (Phi) is 4.60. The molecule has 0 saturated heterocycles. The monoisotopic (exact) mass is 212 g/mol. The van der Waals surface area contributed by atoms with Crippen LogP contribution >= 0.6 is 0 Å². The first kappa shape index (κ1) is 13.0. The molecule has 0 spiro atoms. The highest BCUT2D eigenvalue weighted by atomic mass is 15.2. The van der Waals surface area contributed by atoms with Crippen molar-refractivity contribution in [3.05, 3.63) is 0 Å². The molecule has 0 heterocycles. The van der Waals surface area contributed by atoms with Gasteiger partial charge in [0.05, 0.1) is 0 Å². The van der Waals surface area contributed by atoms with Gasteiger partial charge in [-0.25, -0.2) is 0 Å². The summed E-state index contributed by atoms with van der Waals surface area (Å²) in [6.45, 7) is 11.6. The van der Waals surface area contributed by atoms with Crippen LogP contribution in [0.1, 0.15) is 53.9 Å². The SMILES string of the molecule is CC1CCC(N)CC1N(C(C)C)C(C)C. The molecule has 1 saturated carbocycles. The van der Waals surface area contributed by atoms with Crippen LogP contribution in [0.15, 0.2) is 0 Å². The molecule has 1 aliphatic rings. The van der Waals surface area contributed by atoms with Crippen LogP contribution in [0.3, 0.4) is 0 Å². The quantitative estimate of drug-likeness (QED) is 0.779. The minimum absolute atomic E-state index is 0.422. The third-order valence-corrected chi connectivity index (χ3v) is 3.77. The number of hydrogen-bond donors (Lipinski definition) is 1. The van der Waals surface area contributed by atoms with Crippen molar-refractivity contribution in [3.8, 4) is 0 Å². The lowest BCUT2D eigenvalue weighted by atomic mass is 9.81. The maximum Gasteiger partial charge on any atom is 0.0141 e. The zero-order valence-electron chi connectivity index (χ0n) is 11.0. The molecule has 1 aliphatic carbocycles. The van der Waals surface area contributed by atoms with Crippen molar-refractivity contribution in [1.29, 1.82) is 0 Å². The maximum absolute atomic E-state index is 6.10. The van der Waals surface area contributed by atoms with E-state index in [4.69, 9.17) is 5.73 Å². The minimum Gasteiger partial charge on any atom is -0.328 e. The Morgan fingerprint density at radius 2 is 1.60 bits per heavy atom. The molecular weight excluding hydrogens is 184 g/mol. The van der Waals surface area contributed by atoms with Crippen molar-refractivity contribution >= 4 is 0 Å². The molecule has 0 aromatic rings. The van der Waals surface area contributed by atoms with Crippen LogP contribution in [-0.4, -0.2) is 29.1 Å². The molecule has 90 valence electrons. The third kappa shape index (κ3) is 3.18. The molecule has 15 heavy (non-hydrogen) atoms. The van der Waals surface area contributed by atoms with E-state index in [1.165, 1.54) is 19.3 Å². The van der Waals surface area contributed by atoms with Crippen LogP contribution in [0.2, 0.25) is 0 Å². The highest BCUT2D eigenvalue weighted by Gasteiger charge is 2.32. The van der Waals surface area contributed by atoms with Gasteiger partial charge in [-0.1, -0.05) is 6.92 Å². The Balaban J connectivity index is 2.72. The van der Waals surface area contributed by atoms with E-state index in [0.717, 1.165) is 5.92 Å². The van der Waals surface area contributed by atoms with Gasteiger partial charge >= 0.3 is 0 Å². The van der Waals surface area contributed by atoms with E-state index in [1.54, 1.807) is 0 Å². The number of hydrogen-bond acceptors (Lipinski definition) is 2. The molecule has 3 unspecified atom stereocenters. The second-order valence-electron chi connectivity index (χ2n) is 5.75. The molecule has 0 bridgehead atoms. The lowest BCUT2D eigenvalue weighted by Crippen LogP contribution is -2.52. The van der Waals surface area contributed by atoms with Gasteiger partial charge in [0.1, 0.15) is 0 Å². The standard InChI is InChI=1S/C13H28N2/c1-9(2)15(10(3)4)13-8-12(14)7-6-11(13)5/h9-13H,6-8,14H2,1-5H3. The summed E-state index contributed by atoms with van der Waals surface area (Å²) >= 11 is 0. The fourth-order valence-corrected chi connectivity index (χ4v) is 3.11. The summed E-state index contributed by atoms with van der Waals surface area (Å²) in [5, 5.41) is 0. The topological polar surface area (TPSA) is 29.3 Å². The molecule has 0 amide bonds. The van der Waals surface area contributed by atoms with Gasteiger partial charge in [-0.05, 0) is 52.9 Å². The molecule has 2 heteroatoms. The van der Waals surface area contributed by atoms with Gasteiger partial charge in [0, 0.05) is 24.2 Å². The van der Waals surface area contributed by atoms with E-state index in [-0.39, 0.29) is 0 Å². The Morgan fingerprint density at radius 1 is 1.07 bits per heavy atom. The number of rotatable bonds is 3. The van der Waals surface area contributed by atoms with Crippen molar-refractivity contribution in [2.45, 2.75) is 78.0 Å². The van der Waals surface area contributed by atoms with E-state index in [9.17, 15) is 0 Å². The van der Waals surface area contributed by atoms with Crippen molar-refractivity contribution in [2.75, 3.05) is 0 Å². The van der Waals surface area contributed by atoms with Gasteiger partial charge in [0.2, 0.25) is 0 Å². The molecule has 0 aromatic carbocycles. The summed E-state index contributed by atoms with van der Waals surface area (Å²) in [4.78, 5) is 2.64. The fourth-order valence-electron chi connectivity index (χ4n) is 3.11. The third-order valence-electron chi connectivity index (χ3n) is 3.77. The smallest absolute Gasteiger partial charge is 0.0141 e. The van der Waals surface area contributed by atoms with Gasteiger partial charge in [-0.3, -0.25) is 4.90 Å². The molecule has 3 atom stereocenters. The van der Waals surface area contributed by atoms with Gasteiger partial charge in [-0.15, -0.1) is 0 Å². The summed E-state index contributed by atoms with van der Waals surface area (Å²) in [5.74, 6) is 0.801. The van der Waals surface area contributed by atoms with Crippen LogP contribution < -0.4 is 5.73 Å². The molecule has 2 nitrogen and oxygen atoms in total. The van der Waals surface area contributed by atoms with E-state index in [2.05, 4.69) is 39.5 Å². The average molecular weight is 212 g/mol. The summed E-state index contributed by atoms with van der Waals surface area (Å²) in [7, 11) is 0. The molecule has 0 aromatic heterocycles. The largest absolute Gasteiger partial charge is 0.328 e. The maximum atomic E-state index is 6.10. The normalized spacial score (nSPS) is 33.0. The predicted octanol–water partition coefficient (Wildman–Crippen LogP) is 2.62.